The van der Waals surface area contributed by atoms with Crippen LogP contribution >= 0.6 is 11.6 Å². The van der Waals surface area contributed by atoms with Gasteiger partial charge in [-0.2, -0.15) is 9.61 Å². The molecule has 0 fully saturated rings. The zero-order valence-electron chi connectivity index (χ0n) is 9.01. The van der Waals surface area contributed by atoms with Crippen LogP contribution in [0.15, 0.2) is 36.4 Å². The lowest BCUT2D eigenvalue weighted by molar-refractivity contribution is 0.628. The molecule has 0 atom stereocenters. The van der Waals surface area contributed by atoms with E-state index in [1.54, 1.807) is 24.3 Å². The van der Waals surface area contributed by atoms with E-state index in [1.807, 2.05) is 0 Å². The van der Waals surface area contributed by atoms with E-state index in [9.17, 15) is 4.39 Å². The third-order valence-electron chi connectivity index (χ3n) is 2.31. The molecule has 3 rings (SSSR count). The number of nitrogens with one attached hydrogen (secondary N) is 1. The second-order valence-electron chi connectivity index (χ2n) is 3.59. The largest absolute Gasteiger partial charge is 0.323 e. The summed E-state index contributed by atoms with van der Waals surface area (Å²) in [5, 5.41) is 15.1. The van der Waals surface area contributed by atoms with Crippen molar-refractivity contribution < 1.29 is 4.39 Å². The first-order chi connectivity index (χ1) is 8.72. The van der Waals surface area contributed by atoms with Gasteiger partial charge in [-0.1, -0.05) is 17.7 Å². The molecule has 2 aromatic heterocycles. The van der Waals surface area contributed by atoms with Crippen molar-refractivity contribution in [3.63, 3.8) is 0 Å². The summed E-state index contributed by atoms with van der Waals surface area (Å²) in [5.41, 5.74) is 1.12. The van der Waals surface area contributed by atoms with E-state index in [0.29, 0.717) is 22.4 Å². The molecule has 0 spiro atoms. The van der Waals surface area contributed by atoms with Gasteiger partial charge in [-0.3, -0.25) is 0 Å². The number of hydrogen-bond acceptors (Lipinski definition) is 4. The van der Waals surface area contributed by atoms with Crippen LogP contribution in [0.4, 0.5) is 16.0 Å². The minimum atomic E-state index is -0.334. The number of halogens is 2. The van der Waals surface area contributed by atoms with Gasteiger partial charge in [-0.25, -0.2) is 4.39 Å². The van der Waals surface area contributed by atoms with Crippen LogP contribution in [0.25, 0.3) is 5.65 Å². The van der Waals surface area contributed by atoms with Crippen molar-refractivity contribution >= 4 is 28.9 Å². The second-order valence-corrected chi connectivity index (χ2v) is 3.97. The van der Waals surface area contributed by atoms with Crippen molar-refractivity contribution in [2.45, 2.75) is 0 Å². The number of hydrogen-bond donors (Lipinski definition) is 1. The quantitative estimate of drug-likeness (QED) is 0.772. The van der Waals surface area contributed by atoms with E-state index in [2.05, 4.69) is 20.6 Å². The Balaban J connectivity index is 2.02. The summed E-state index contributed by atoms with van der Waals surface area (Å²) < 4.78 is 14.5. The third-order valence-corrected chi connectivity index (χ3v) is 2.51. The smallest absolute Gasteiger partial charge is 0.250 e. The molecule has 0 radical (unpaired) electrons. The van der Waals surface area contributed by atoms with Crippen molar-refractivity contribution in [3.8, 4) is 0 Å². The highest BCUT2D eigenvalue weighted by Gasteiger charge is 2.07. The number of fused-ring (bicyclic) bond motifs is 1. The van der Waals surface area contributed by atoms with E-state index in [0.717, 1.165) is 0 Å². The van der Waals surface area contributed by atoms with Crippen LogP contribution in [0.3, 0.4) is 0 Å². The lowest BCUT2D eigenvalue weighted by Crippen LogP contribution is -2.00. The van der Waals surface area contributed by atoms with Gasteiger partial charge in [0, 0.05) is 5.69 Å². The Morgan fingerprint density at radius 2 is 2.06 bits per heavy atom. The first-order valence-corrected chi connectivity index (χ1v) is 5.51. The van der Waals surface area contributed by atoms with Crippen molar-refractivity contribution in [1.82, 2.24) is 19.8 Å². The van der Waals surface area contributed by atoms with Crippen molar-refractivity contribution in [2.75, 3.05) is 5.32 Å². The minimum Gasteiger partial charge on any atom is -0.323 e. The summed E-state index contributed by atoms with van der Waals surface area (Å²) >= 11 is 5.80. The van der Waals surface area contributed by atoms with Crippen LogP contribution in [0, 0.1) is 5.82 Å². The number of nitrogens with zero attached hydrogens (tertiary/aromatic N) is 4. The molecule has 0 unspecified atom stereocenters. The van der Waals surface area contributed by atoms with Gasteiger partial charge in [-0.05, 0) is 30.3 Å². The lowest BCUT2D eigenvalue weighted by atomic mass is 10.3. The van der Waals surface area contributed by atoms with E-state index >= 15 is 0 Å². The van der Waals surface area contributed by atoms with Gasteiger partial charge in [0.2, 0.25) is 5.95 Å². The second kappa shape index (κ2) is 4.23. The number of aromatic nitrogens is 4. The zero-order chi connectivity index (χ0) is 12.5. The van der Waals surface area contributed by atoms with Crippen LogP contribution in [0.1, 0.15) is 0 Å². The Morgan fingerprint density at radius 1 is 1.17 bits per heavy atom. The molecule has 0 aliphatic heterocycles. The molecule has 90 valence electrons. The first-order valence-electron chi connectivity index (χ1n) is 5.13. The summed E-state index contributed by atoms with van der Waals surface area (Å²) in [4.78, 5) is 0. The first kappa shape index (κ1) is 10.9. The molecule has 1 N–H and O–H groups in total. The Labute approximate surface area is 106 Å². The monoisotopic (exact) mass is 263 g/mol. The Bertz CT molecular complexity index is 711. The summed E-state index contributed by atoms with van der Waals surface area (Å²) in [5.74, 6) is 0.0397. The maximum atomic E-state index is 13.1. The minimum absolute atomic E-state index is 0.324. The normalized spacial score (nSPS) is 10.8. The fourth-order valence-corrected chi connectivity index (χ4v) is 1.68. The molecule has 0 aliphatic rings. The van der Waals surface area contributed by atoms with Crippen LogP contribution in [0.2, 0.25) is 5.15 Å². The maximum Gasteiger partial charge on any atom is 0.250 e. The van der Waals surface area contributed by atoms with E-state index in [1.165, 1.54) is 16.6 Å². The topological polar surface area (TPSA) is 55.1 Å². The number of rotatable bonds is 2. The van der Waals surface area contributed by atoms with Crippen molar-refractivity contribution in [2.24, 2.45) is 0 Å². The highest BCUT2D eigenvalue weighted by atomic mass is 35.5. The van der Waals surface area contributed by atoms with Crippen molar-refractivity contribution in [1.29, 1.82) is 0 Å². The van der Waals surface area contributed by atoms with E-state index in [4.69, 9.17) is 11.6 Å². The fourth-order valence-electron chi connectivity index (χ4n) is 1.54. The standard InChI is InChI=1S/C11H7ClFN5/c12-9-4-5-10-15-16-11(18(10)17-9)14-8-3-1-2-7(13)6-8/h1-6H,(H,14,16). The molecule has 0 aliphatic carbocycles. The average molecular weight is 264 g/mol. The van der Waals surface area contributed by atoms with Gasteiger partial charge < -0.3 is 5.32 Å². The molecule has 0 saturated heterocycles. The number of anilines is 2. The molecule has 3 aromatic rings. The Morgan fingerprint density at radius 3 is 2.89 bits per heavy atom. The molecular formula is C11H7ClFN5. The maximum absolute atomic E-state index is 13.1. The predicted octanol–water partition coefficient (Wildman–Crippen LogP) is 2.66. The molecule has 1 aromatic carbocycles. The van der Waals surface area contributed by atoms with Crippen LogP contribution in [-0.4, -0.2) is 19.8 Å². The molecule has 2 heterocycles. The highest BCUT2D eigenvalue weighted by Crippen LogP contribution is 2.16. The molecular weight excluding hydrogens is 257 g/mol. The van der Waals surface area contributed by atoms with E-state index < -0.39 is 0 Å². The fraction of sp³-hybridized carbons (Fsp3) is 0. The molecule has 0 bridgehead atoms. The van der Waals surface area contributed by atoms with E-state index in [-0.39, 0.29) is 5.82 Å². The highest BCUT2D eigenvalue weighted by molar-refractivity contribution is 6.29. The predicted molar refractivity (Wildman–Crippen MR) is 65.5 cm³/mol. The van der Waals surface area contributed by atoms with Crippen molar-refractivity contribution in [3.05, 3.63) is 47.4 Å². The summed E-state index contributed by atoms with van der Waals surface area (Å²) in [7, 11) is 0. The van der Waals surface area contributed by atoms with Gasteiger partial charge in [0.15, 0.2) is 5.65 Å². The molecule has 7 heteroatoms. The number of benzene rings is 1. The Kier molecular flexibility index (Phi) is 2.56. The third kappa shape index (κ3) is 1.98. The molecule has 0 amide bonds. The molecule has 18 heavy (non-hydrogen) atoms. The van der Waals surface area contributed by atoms with Gasteiger partial charge in [0.1, 0.15) is 11.0 Å². The average Bonchev–Trinajstić information content (AvgIpc) is 2.72. The summed E-state index contributed by atoms with van der Waals surface area (Å²) in [6.07, 6.45) is 0. The molecule has 0 saturated carbocycles. The zero-order valence-corrected chi connectivity index (χ0v) is 9.76. The van der Waals surface area contributed by atoms with Gasteiger partial charge in [0.25, 0.3) is 0 Å². The summed E-state index contributed by atoms with van der Waals surface area (Å²) in [6, 6.07) is 9.35. The van der Waals surface area contributed by atoms with Crippen LogP contribution in [-0.2, 0) is 0 Å². The molecule has 5 nitrogen and oxygen atoms in total. The van der Waals surface area contributed by atoms with Gasteiger partial charge in [-0.15, -0.1) is 10.2 Å². The summed E-state index contributed by atoms with van der Waals surface area (Å²) in [6.45, 7) is 0. The Hall–Kier alpha value is -2.21. The lowest BCUT2D eigenvalue weighted by Gasteiger charge is -2.03. The SMILES string of the molecule is Fc1cccc(Nc2nnc3ccc(Cl)nn23)c1. The van der Waals surface area contributed by atoms with Crippen LogP contribution in [0.5, 0.6) is 0 Å². The van der Waals surface area contributed by atoms with Gasteiger partial charge >= 0.3 is 0 Å². The van der Waals surface area contributed by atoms with Crippen LogP contribution < -0.4 is 5.32 Å². The van der Waals surface area contributed by atoms with Gasteiger partial charge in [0.05, 0.1) is 0 Å².